The molecule has 2 rings (SSSR count). The third kappa shape index (κ3) is 4.88. The molecule has 0 aromatic carbocycles. The van der Waals surface area contributed by atoms with Gasteiger partial charge in [-0.15, -0.1) is 0 Å². The number of amides is 1. The standard InChI is InChI=1S/C12H21N5O2/c13-11-2-5-17(15-11)10-12(18)14-3-1-4-16-6-8-19-9-7-16/h2,5H,1,3-4,6-10H2,(H2,13,15)(H,14,18). The van der Waals surface area contributed by atoms with Crippen molar-refractivity contribution in [3.05, 3.63) is 12.3 Å². The predicted molar refractivity (Wildman–Crippen MR) is 71.5 cm³/mol. The van der Waals surface area contributed by atoms with Gasteiger partial charge in [-0.05, 0) is 19.0 Å². The maximum Gasteiger partial charge on any atom is 0.241 e. The molecule has 0 saturated carbocycles. The topological polar surface area (TPSA) is 85.4 Å². The molecule has 1 aliphatic rings. The molecule has 19 heavy (non-hydrogen) atoms. The molecule has 1 aromatic rings. The molecule has 0 bridgehead atoms. The maximum atomic E-state index is 11.6. The van der Waals surface area contributed by atoms with E-state index in [4.69, 9.17) is 10.5 Å². The number of carbonyl (C=O) groups is 1. The van der Waals surface area contributed by atoms with E-state index in [1.165, 1.54) is 4.68 Å². The number of nitrogens with zero attached hydrogens (tertiary/aromatic N) is 3. The van der Waals surface area contributed by atoms with E-state index in [1.807, 2.05) is 0 Å². The van der Waals surface area contributed by atoms with E-state index in [-0.39, 0.29) is 12.5 Å². The van der Waals surface area contributed by atoms with Crippen LogP contribution in [0.5, 0.6) is 0 Å². The number of aromatic nitrogens is 2. The summed E-state index contributed by atoms with van der Waals surface area (Å²) in [7, 11) is 0. The highest BCUT2D eigenvalue weighted by molar-refractivity contribution is 5.75. The number of morpholine rings is 1. The van der Waals surface area contributed by atoms with Crippen molar-refractivity contribution in [2.75, 3.05) is 45.1 Å². The van der Waals surface area contributed by atoms with Gasteiger partial charge in [-0.1, -0.05) is 0 Å². The Hall–Kier alpha value is -1.60. The Morgan fingerprint density at radius 1 is 1.47 bits per heavy atom. The highest BCUT2D eigenvalue weighted by Crippen LogP contribution is 1.97. The normalized spacial score (nSPS) is 16.4. The molecule has 2 heterocycles. The Morgan fingerprint density at radius 3 is 2.95 bits per heavy atom. The van der Waals surface area contributed by atoms with Crippen LogP contribution in [0.4, 0.5) is 5.82 Å². The van der Waals surface area contributed by atoms with Crippen LogP contribution >= 0.6 is 0 Å². The van der Waals surface area contributed by atoms with Crippen LogP contribution in [0.3, 0.4) is 0 Å². The molecule has 1 fully saturated rings. The quantitative estimate of drug-likeness (QED) is 0.666. The van der Waals surface area contributed by atoms with Gasteiger partial charge >= 0.3 is 0 Å². The second-order valence-corrected chi connectivity index (χ2v) is 4.60. The zero-order valence-corrected chi connectivity index (χ0v) is 11.0. The van der Waals surface area contributed by atoms with Crippen LogP contribution in [0, 0.1) is 0 Å². The fourth-order valence-corrected chi connectivity index (χ4v) is 2.02. The van der Waals surface area contributed by atoms with E-state index in [2.05, 4.69) is 15.3 Å². The number of hydrogen-bond donors (Lipinski definition) is 2. The largest absolute Gasteiger partial charge is 0.382 e. The number of carbonyl (C=O) groups excluding carboxylic acids is 1. The average Bonchev–Trinajstić information content (AvgIpc) is 2.81. The smallest absolute Gasteiger partial charge is 0.241 e. The van der Waals surface area contributed by atoms with Gasteiger partial charge in [0.1, 0.15) is 12.4 Å². The predicted octanol–water partition coefficient (Wildman–Crippen LogP) is -0.696. The lowest BCUT2D eigenvalue weighted by Crippen LogP contribution is -2.38. The van der Waals surface area contributed by atoms with Gasteiger partial charge in [0.05, 0.1) is 13.2 Å². The molecule has 1 saturated heterocycles. The fourth-order valence-electron chi connectivity index (χ4n) is 2.02. The van der Waals surface area contributed by atoms with Crippen molar-refractivity contribution in [3.63, 3.8) is 0 Å². The minimum Gasteiger partial charge on any atom is -0.382 e. The van der Waals surface area contributed by atoms with Crippen LogP contribution in [0.2, 0.25) is 0 Å². The van der Waals surface area contributed by atoms with E-state index < -0.39 is 0 Å². The Morgan fingerprint density at radius 2 is 2.26 bits per heavy atom. The van der Waals surface area contributed by atoms with Crippen molar-refractivity contribution in [2.24, 2.45) is 0 Å². The van der Waals surface area contributed by atoms with Crippen LogP contribution in [0.15, 0.2) is 12.3 Å². The van der Waals surface area contributed by atoms with Crippen LogP contribution in [-0.2, 0) is 16.1 Å². The van der Waals surface area contributed by atoms with Gasteiger partial charge < -0.3 is 15.8 Å². The third-order valence-corrected chi connectivity index (χ3v) is 3.04. The number of nitrogen functional groups attached to an aromatic ring is 1. The molecule has 7 nitrogen and oxygen atoms in total. The van der Waals surface area contributed by atoms with Crippen molar-refractivity contribution in [2.45, 2.75) is 13.0 Å². The summed E-state index contributed by atoms with van der Waals surface area (Å²) in [6.07, 6.45) is 2.65. The minimum atomic E-state index is -0.0370. The van der Waals surface area contributed by atoms with E-state index in [0.717, 1.165) is 39.3 Å². The number of anilines is 1. The summed E-state index contributed by atoms with van der Waals surface area (Å²) in [5, 5.41) is 6.85. The summed E-state index contributed by atoms with van der Waals surface area (Å²) in [6.45, 7) is 5.50. The average molecular weight is 267 g/mol. The number of nitrogens with one attached hydrogen (secondary N) is 1. The van der Waals surface area contributed by atoms with E-state index in [0.29, 0.717) is 12.4 Å². The van der Waals surface area contributed by atoms with Crippen molar-refractivity contribution in [1.82, 2.24) is 20.0 Å². The molecule has 1 amide bonds. The second kappa shape index (κ2) is 7.10. The van der Waals surface area contributed by atoms with Crippen molar-refractivity contribution in [3.8, 4) is 0 Å². The minimum absolute atomic E-state index is 0.0370. The van der Waals surface area contributed by atoms with Crippen LogP contribution < -0.4 is 11.1 Å². The Bertz CT molecular complexity index is 401. The maximum absolute atomic E-state index is 11.6. The van der Waals surface area contributed by atoms with Gasteiger partial charge in [0.15, 0.2) is 0 Å². The summed E-state index contributed by atoms with van der Waals surface area (Å²) in [5.41, 5.74) is 5.48. The second-order valence-electron chi connectivity index (χ2n) is 4.60. The van der Waals surface area contributed by atoms with Gasteiger partial charge in [-0.3, -0.25) is 14.4 Å². The van der Waals surface area contributed by atoms with Gasteiger partial charge in [0, 0.05) is 25.8 Å². The Labute approximate surface area is 112 Å². The fraction of sp³-hybridized carbons (Fsp3) is 0.667. The molecule has 0 aliphatic carbocycles. The number of rotatable bonds is 6. The Kier molecular flexibility index (Phi) is 5.17. The molecule has 3 N–H and O–H groups in total. The first-order valence-corrected chi connectivity index (χ1v) is 6.60. The van der Waals surface area contributed by atoms with Crippen LogP contribution in [-0.4, -0.2) is 60.0 Å². The molecule has 0 spiro atoms. The van der Waals surface area contributed by atoms with Gasteiger partial charge in [-0.25, -0.2) is 0 Å². The zero-order valence-electron chi connectivity index (χ0n) is 11.0. The van der Waals surface area contributed by atoms with E-state index in [9.17, 15) is 4.79 Å². The lowest BCUT2D eigenvalue weighted by Gasteiger charge is -2.26. The van der Waals surface area contributed by atoms with Crippen molar-refractivity contribution >= 4 is 11.7 Å². The molecule has 1 aliphatic heterocycles. The lowest BCUT2D eigenvalue weighted by atomic mass is 10.3. The monoisotopic (exact) mass is 267 g/mol. The molecular formula is C12H21N5O2. The summed E-state index contributed by atoms with van der Waals surface area (Å²) < 4.78 is 6.82. The summed E-state index contributed by atoms with van der Waals surface area (Å²) in [4.78, 5) is 14.0. The van der Waals surface area contributed by atoms with Gasteiger partial charge in [-0.2, -0.15) is 5.10 Å². The van der Waals surface area contributed by atoms with Crippen LogP contribution in [0.25, 0.3) is 0 Å². The summed E-state index contributed by atoms with van der Waals surface area (Å²) in [6, 6.07) is 1.67. The first kappa shape index (κ1) is 13.8. The molecular weight excluding hydrogens is 246 g/mol. The summed E-state index contributed by atoms with van der Waals surface area (Å²) in [5.74, 6) is 0.394. The zero-order chi connectivity index (χ0) is 13.5. The number of ether oxygens (including phenoxy) is 1. The summed E-state index contributed by atoms with van der Waals surface area (Å²) >= 11 is 0. The van der Waals surface area contributed by atoms with E-state index >= 15 is 0 Å². The highest BCUT2D eigenvalue weighted by atomic mass is 16.5. The first-order valence-electron chi connectivity index (χ1n) is 6.60. The number of hydrogen-bond acceptors (Lipinski definition) is 5. The molecule has 0 atom stereocenters. The molecule has 1 aromatic heterocycles. The molecule has 106 valence electrons. The Balaban J connectivity index is 1.56. The van der Waals surface area contributed by atoms with Gasteiger partial charge in [0.25, 0.3) is 0 Å². The number of nitrogens with two attached hydrogens (primary N) is 1. The highest BCUT2D eigenvalue weighted by Gasteiger charge is 2.09. The van der Waals surface area contributed by atoms with E-state index in [1.54, 1.807) is 12.3 Å². The third-order valence-electron chi connectivity index (χ3n) is 3.04. The molecule has 0 radical (unpaired) electrons. The first-order chi connectivity index (χ1) is 9.24. The van der Waals surface area contributed by atoms with Crippen molar-refractivity contribution in [1.29, 1.82) is 0 Å². The molecule has 7 heteroatoms. The van der Waals surface area contributed by atoms with Gasteiger partial charge in [0.2, 0.25) is 5.91 Å². The lowest BCUT2D eigenvalue weighted by molar-refractivity contribution is -0.121. The van der Waals surface area contributed by atoms with Crippen LogP contribution in [0.1, 0.15) is 6.42 Å². The molecule has 0 unspecified atom stereocenters. The van der Waals surface area contributed by atoms with Crippen molar-refractivity contribution < 1.29 is 9.53 Å². The SMILES string of the molecule is Nc1ccn(CC(=O)NCCCN2CCOCC2)n1.